The van der Waals surface area contributed by atoms with Gasteiger partial charge in [-0.3, -0.25) is 0 Å². The van der Waals surface area contributed by atoms with Gasteiger partial charge in [0.15, 0.2) is 0 Å². The first-order valence-corrected chi connectivity index (χ1v) is 8.51. The average Bonchev–Trinajstić information content (AvgIpc) is 3.06. The number of aromatic nitrogens is 2. The lowest BCUT2D eigenvalue weighted by Crippen LogP contribution is -1.88. The third-order valence-corrected chi connectivity index (χ3v) is 4.33. The van der Waals surface area contributed by atoms with Gasteiger partial charge < -0.3 is 9.72 Å². The van der Waals surface area contributed by atoms with Gasteiger partial charge in [0.2, 0.25) is 0 Å². The number of nitrogens with one attached hydrogen (secondary N) is 1. The topological polar surface area (TPSA) is 72.0 Å². The molecule has 140 valence electrons. The SMILES string of the molecule is Cc1ccc(Oc2nc3cc(-c4ccccc4)c(F)cc3[nH]2)cc1C.O=C=O. The van der Waals surface area contributed by atoms with Crippen LogP contribution < -0.4 is 4.74 Å². The van der Waals surface area contributed by atoms with E-state index >= 15 is 0 Å². The summed E-state index contributed by atoms with van der Waals surface area (Å²) in [6, 6.07) is 18.8. The molecule has 4 aromatic rings. The second-order valence-corrected chi connectivity index (χ2v) is 6.19. The molecule has 1 N–H and O–H groups in total. The predicted molar refractivity (Wildman–Crippen MR) is 102 cm³/mol. The number of benzene rings is 3. The summed E-state index contributed by atoms with van der Waals surface area (Å²) in [6.45, 7) is 4.08. The highest BCUT2D eigenvalue weighted by atomic mass is 19.1. The number of rotatable bonds is 3. The second-order valence-electron chi connectivity index (χ2n) is 6.19. The van der Waals surface area contributed by atoms with Crippen LogP contribution in [-0.4, -0.2) is 16.1 Å². The number of fused-ring (bicyclic) bond motifs is 1. The van der Waals surface area contributed by atoms with Crippen LogP contribution in [0.25, 0.3) is 22.2 Å². The molecule has 0 atom stereocenters. The minimum Gasteiger partial charge on any atom is -0.426 e. The number of nitrogens with zero attached hydrogens (tertiary/aromatic N) is 1. The first-order valence-electron chi connectivity index (χ1n) is 8.51. The fourth-order valence-corrected chi connectivity index (χ4v) is 2.78. The maximum atomic E-state index is 14.5. The number of carbonyl (C=O) groups excluding carboxylic acids is 2. The zero-order chi connectivity index (χ0) is 20.1. The van der Waals surface area contributed by atoms with E-state index in [0.29, 0.717) is 28.4 Å². The monoisotopic (exact) mass is 376 g/mol. The van der Waals surface area contributed by atoms with Crippen LogP contribution in [0.2, 0.25) is 0 Å². The van der Waals surface area contributed by atoms with Gasteiger partial charge in [-0.1, -0.05) is 36.4 Å². The highest BCUT2D eigenvalue weighted by Crippen LogP contribution is 2.29. The van der Waals surface area contributed by atoms with E-state index in [1.807, 2.05) is 62.4 Å². The predicted octanol–water partition coefficient (Wildman–Crippen LogP) is 5.19. The molecule has 1 aromatic heterocycles. The van der Waals surface area contributed by atoms with Crippen molar-refractivity contribution >= 4 is 17.2 Å². The Balaban J connectivity index is 0.000000706. The summed E-state index contributed by atoms with van der Waals surface area (Å²) < 4.78 is 20.2. The van der Waals surface area contributed by atoms with E-state index in [-0.39, 0.29) is 12.0 Å². The fourth-order valence-electron chi connectivity index (χ4n) is 2.78. The van der Waals surface area contributed by atoms with E-state index in [1.165, 1.54) is 11.6 Å². The van der Waals surface area contributed by atoms with Gasteiger partial charge >= 0.3 is 6.15 Å². The van der Waals surface area contributed by atoms with Gasteiger partial charge in [0.25, 0.3) is 6.01 Å². The molecule has 0 fully saturated rings. The van der Waals surface area contributed by atoms with Crippen molar-refractivity contribution in [1.29, 1.82) is 0 Å². The minimum atomic E-state index is -0.292. The summed E-state index contributed by atoms with van der Waals surface area (Å²) in [6.07, 6.45) is 0.250. The van der Waals surface area contributed by atoms with Crippen LogP contribution in [0.5, 0.6) is 11.8 Å². The van der Waals surface area contributed by atoms with Crippen molar-refractivity contribution in [1.82, 2.24) is 9.97 Å². The number of ether oxygens (including phenoxy) is 1. The molecule has 6 heteroatoms. The quantitative estimate of drug-likeness (QED) is 0.534. The summed E-state index contributed by atoms with van der Waals surface area (Å²) in [5, 5.41) is 0. The van der Waals surface area contributed by atoms with Crippen molar-refractivity contribution in [3.05, 3.63) is 77.6 Å². The zero-order valence-electron chi connectivity index (χ0n) is 15.3. The molecule has 0 unspecified atom stereocenters. The molecule has 28 heavy (non-hydrogen) atoms. The normalized spacial score (nSPS) is 10.1. The van der Waals surface area contributed by atoms with Gasteiger partial charge in [-0.25, -0.2) is 4.39 Å². The number of halogens is 1. The van der Waals surface area contributed by atoms with E-state index in [0.717, 1.165) is 11.1 Å². The third-order valence-electron chi connectivity index (χ3n) is 4.33. The molecular weight excluding hydrogens is 359 g/mol. The molecule has 0 amide bonds. The molecule has 0 spiro atoms. The van der Waals surface area contributed by atoms with Gasteiger partial charge in [0, 0.05) is 11.6 Å². The van der Waals surface area contributed by atoms with Gasteiger partial charge in [-0.05, 0) is 48.7 Å². The molecule has 4 rings (SSSR count). The van der Waals surface area contributed by atoms with Crippen molar-refractivity contribution in [3.8, 4) is 22.9 Å². The van der Waals surface area contributed by atoms with Gasteiger partial charge in [-0.15, -0.1) is 0 Å². The summed E-state index contributed by atoms with van der Waals surface area (Å²) in [5.74, 6) is 0.408. The number of H-pyrrole nitrogens is 1. The van der Waals surface area contributed by atoms with E-state index in [9.17, 15) is 4.39 Å². The van der Waals surface area contributed by atoms with E-state index in [1.54, 1.807) is 6.07 Å². The Morgan fingerprint density at radius 3 is 2.36 bits per heavy atom. The van der Waals surface area contributed by atoms with Crippen molar-refractivity contribution in [3.63, 3.8) is 0 Å². The lowest BCUT2D eigenvalue weighted by Gasteiger charge is -2.04. The lowest BCUT2D eigenvalue weighted by atomic mass is 10.0. The molecule has 3 aromatic carbocycles. The van der Waals surface area contributed by atoms with Crippen molar-refractivity contribution in [2.75, 3.05) is 0 Å². The Morgan fingerprint density at radius 1 is 0.964 bits per heavy atom. The fraction of sp³-hybridized carbons (Fsp3) is 0.0909. The Morgan fingerprint density at radius 2 is 1.68 bits per heavy atom. The molecule has 0 saturated heterocycles. The molecule has 0 aliphatic rings. The van der Waals surface area contributed by atoms with E-state index in [4.69, 9.17) is 14.3 Å². The molecular formula is C22H17FN2O3. The summed E-state index contributed by atoms with van der Waals surface area (Å²) in [5.41, 5.74) is 4.96. The van der Waals surface area contributed by atoms with Crippen molar-refractivity contribution < 1.29 is 18.7 Å². The molecule has 0 aliphatic carbocycles. The van der Waals surface area contributed by atoms with E-state index < -0.39 is 0 Å². The molecule has 0 bridgehead atoms. The number of hydrogen-bond donors (Lipinski definition) is 1. The third kappa shape index (κ3) is 4.14. The summed E-state index contributed by atoms with van der Waals surface area (Å²) >= 11 is 0. The lowest BCUT2D eigenvalue weighted by molar-refractivity contribution is -0.191. The standard InChI is InChI=1S/C21H17FN2O.CO2/c1-13-8-9-16(10-14(13)2)25-21-23-19-11-17(15-6-4-3-5-7-15)18(22)12-20(19)24-21;2-1-3/h3-12H,1-2H3,(H,23,24);. The number of aryl methyl sites for hydroxylation is 2. The maximum absolute atomic E-state index is 14.5. The molecule has 0 radical (unpaired) electrons. The van der Waals surface area contributed by atoms with Crippen molar-refractivity contribution in [2.45, 2.75) is 13.8 Å². The molecule has 0 saturated carbocycles. The van der Waals surface area contributed by atoms with Gasteiger partial charge in [-0.2, -0.15) is 14.6 Å². The Kier molecular flexibility index (Phi) is 5.63. The summed E-state index contributed by atoms with van der Waals surface area (Å²) in [4.78, 5) is 23.7. The van der Waals surface area contributed by atoms with Crippen LogP contribution in [0.3, 0.4) is 0 Å². The van der Waals surface area contributed by atoms with Crippen molar-refractivity contribution in [2.24, 2.45) is 0 Å². The van der Waals surface area contributed by atoms with Crippen LogP contribution >= 0.6 is 0 Å². The van der Waals surface area contributed by atoms with Gasteiger partial charge in [0.1, 0.15) is 11.6 Å². The largest absolute Gasteiger partial charge is 0.426 e. The molecule has 5 nitrogen and oxygen atoms in total. The zero-order valence-corrected chi connectivity index (χ0v) is 15.3. The average molecular weight is 376 g/mol. The maximum Gasteiger partial charge on any atom is 0.373 e. The van der Waals surface area contributed by atoms with Crippen LogP contribution in [0.4, 0.5) is 4.39 Å². The molecule has 1 heterocycles. The smallest absolute Gasteiger partial charge is 0.373 e. The minimum absolute atomic E-state index is 0.250. The Labute approximate surface area is 160 Å². The van der Waals surface area contributed by atoms with Crippen LogP contribution in [0.15, 0.2) is 60.7 Å². The number of imidazole rings is 1. The van der Waals surface area contributed by atoms with Gasteiger partial charge in [0.05, 0.1) is 11.0 Å². The second kappa shape index (κ2) is 8.29. The first-order chi connectivity index (χ1) is 13.5. The first kappa shape index (κ1) is 19.0. The Hall–Kier alpha value is -3.76. The Bertz CT molecular complexity index is 1150. The van der Waals surface area contributed by atoms with Crippen LogP contribution in [-0.2, 0) is 9.59 Å². The highest BCUT2D eigenvalue weighted by Gasteiger charge is 2.11. The number of aromatic amines is 1. The number of hydrogen-bond acceptors (Lipinski definition) is 4. The van der Waals surface area contributed by atoms with Crippen LogP contribution in [0.1, 0.15) is 11.1 Å². The van der Waals surface area contributed by atoms with E-state index in [2.05, 4.69) is 9.97 Å². The summed E-state index contributed by atoms with van der Waals surface area (Å²) in [7, 11) is 0. The highest BCUT2D eigenvalue weighted by molar-refractivity contribution is 5.82. The van der Waals surface area contributed by atoms with Crippen LogP contribution in [0, 0.1) is 19.7 Å². The molecule has 0 aliphatic heterocycles.